The lowest BCUT2D eigenvalue weighted by Gasteiger charge is -2.27. The quantitative estimate of drug-likeness (QED) is 0.435. The number of nitrogens with two attached hydrogens (primary N) is 1. The third-order valence-electron chi connectivity index (χ3n) is 6.12. The van der Waals surface area contributed by atoms with Crippen LogP contribution in [-0.4, -0.2) is 68.3 Å². The predicted molar refractivity (Wildman–Crippen MR) is 127 cm³/mol. The Morgan fingerprint density at radius 3 is 2.69 bits per heavy atom. The zero-order valence-corrected chi connectivity index (χ0v) is 19.0. The van der Waals surface area contributed by atoms with Crippen LogP contribution in [0, 0.1) is 0 Å². The fourth-order valence-electron chi connectivity index (χ4n) is 4.27. The van der Waals surface area contributed by atoms with Gasteiger partial charge >= 0.3 is 0 Å². The smallest absolute Gasteiger partial charge is 0.270 e. The molecule has 0 bridgehead atoms. The van der Waals surface area contributed by atoms with E-state index < -0.39 is 11.8 Å². The Morgan fingerprint density at radius 1 is 1.06 bits per heavy atom. The van der Waals surface area contributed by atoms with Gasteiger partial charge in [0.25, 0.3) is 5.91 Å². The van der Waals surface area contributed by atoms with Gasteiger partial charge in [-0.2, -0.15) is 5.10 Å². The van der Waals surface area contributed by atoms with Crippen LogP contribution < -0.4 is 11.1 Å². The van der Waals surface area contributed by atoms with Gasteiger partial charge in [0.05, 0.1) is 41.4 Å². The van der Waals surface area contributed by atoms with Crippen molar-refractivity contribution in [3.63, 3.8) is 0 Å². The third kappa shape index (κ3) is 4.21. The first kappa shape index (κ1) is 22.5. The minimum Gasteiger partial charge on any atom is -0.366 e. The molecule has 0 saturated carbocycles. The first-order valence-electron chi connectivity index (χ1n) is 11.1. The summed E-state index contributed by atoms with van der Waals surface area (Å²) in [5, 5.41) is 7.84. The molecular formula is C24H23FN8O2. The van der Waals surface area contributed by atoms with E-state index in [1.54, 1.807) is 18.5 Å². The summed E-state index contributed by atoms with van der Waals surface area (Å²) in [6.45, 7) is 2.08. The summed E-state index contributed by atoms with van der Waals surface area (Å²) < 4.78 is 14.8. The molecule has 3 N–H and O–H groups in total. The summed E-state index contributed by atoms with van der Waals surface area (Å²) >= 11 is 0. The Kier molecular flexibility index (Phi) is 5.91. The number of amides is 2. The molecule has 1 aliphatic rings. The molecule has 11 heteroatoms. The van der Waals surface area contributed by atoms with E-state index in [1.165, 1.54) is 19.3 Å². The van der Waals surface area contributed by atoms with Gasteiger partial charge in [0.2, 0.25) is 5.91 Å². The van der Waals surface area contributed by atoms with Crippen LogP contribution in [0.3, 0.4) is 0 Å². The normalized spacial score (nSPS) is 13.5. The molecule has 5 rings (SSSR count). The van der Waals surface area contributed by atoms with Crippen molar-refractivity contribution < 1.29 is 14.0 Å². The highest BCUT2D eigenvalue weighted by molar-refractivity contribution is 6.01. The number of nitrogens with one attached hydrogen (secondary N) is 1. The van der Waals surface area contributed by atoms with E-state index in [4.69, 9.17) is 5.73 Å². The fourth-order valence-corrected chi connectivity index (χ4v) is 4.27. The number of carbonyl (C=O) groups excluding carboxylic acids is 2. The van der Waals surface area contributed by atoms with Gasteiger partial charge in [-0.3, -0.25) is 29.1 Å². The number of hydrogen-bond donors (Lipinski definition) is 2. The number of alkyl halides is 1. The molecule has 0 radical (unpaired) electrons. The van der Waals surface area contributed by atoms with Gasteiger partial charge in [0.1, 0.15) is 12.4 Å². The molecule has 0 saturated heterocycles. The molecule has 4 aromatic rings. The molecule has 0 atom stereocenters. The average molecular weight is 475 g/mol. The molecule has 0 aliphatic carbocycles. The second-order valence-electron chi connectivity index (χ2n) is 8.24. The standard InChI is InChI=1S/C24H23FN8O2/c1-27-24(35)22-17(7-16(10-30-22)23(26)34)19-8-14-6-15(9-28-20(14)12-29-19)18-11-31-33-5-4-32(3-2-25)13-21(18)33/h6-12H,2-5,13H2,1H3,(H2,26,34)(H,27,35). The van der Waals surface area contributed by atoms with Gasteiger partial charge in [-0.15, -0.1) is 0 Å². The van der Waals surface area contributed by atoms with Crippen LogP contribution in [0.4, 0.5) is 4.39 Å². The van der Waals surface area contributed by atoms with Gasteiger partial charge in [0.15, 0.2) is 0 Å². The van der Waals surface area contributed by atoms with E-state index in [9.17, 15) is 14.0 Å². The van der Waals surface area contributed by atoms with E-state index in [0.29, 0.717) is 36.4 Å². The largest absolute Gasteiger partial charge is 0.366 e. The lowest BCUT2D eigenvalue weighted by Crippen LogP contribution is -2.35. The molecule has 2 amide bonds. The highest BCUT2D eigenvalue weighted by Crippen LogP contribution is 2.30. The second-order valence-corrected chi connectivity index (χ2v) is 8.24. The van der Waals surface area contributed by atoms with Crippen LogP contribution in [0.5, 0.6) is 0 Å². The molecule has 0 spiro atoms. The van der Waals surface area contributed by atoms with Crippen LogP contribution >= 0.6 is 0 Å². The van der Waals surface area contributed by atoms with E-state index in [0.717, 1.165) is 28.8 Å². The first-order chi connectivity index (χ1) is 17.0. The number of primary amides is 1. The van der Waals surface area contributed by atoms with Crippen LogP contribution in [0.25, 0.3) is 33.3 Å². The van der Waals surface area contributed by atoms with Gasteiger partial charge in [-0.1, -0.05) is 0 Å². The van der Waals surface area contributed by atoms with Crippen molar-refractivity contribution >= 4 is 22.7 Å². The Labute approximate surface area is 200 Å². The van der Waals surface area contributed by atoms with Crippen molar-refractivity contribution in [2.45, 2.75) is 13.1 Å². The van der Waals surface area contributed by atoms with E-state index in [1.807, 2.05) is 16.9 Å². The number of pyridine rings is 3. The van der Waals surface area contributed by atoms with Crippen molar-refractivity contribution in [3.8, 4) is 22.4 Å². The highest BCUT2D eigenvalue weighted by atomic mass is 19.1. The highest BCUT2D eigenvalue weighted by Gasteiger charge is 2.22. The fraction of sp³-hybridized carbons (Fsp3) is 0.250. The number of nitrogens with zero attached hydrogens (tertiary/aromatic N) is 6. The SMILES string of the molecule is CNC(=O)c1ncc(C(N)=O)cc1-c1cc2cc(-c3cnn4c3CN(CCF)CC4)cnc2cn1. The van der Waals surface area contributed by atoms with E-state index in [-0.39, 0.29) is 17.9 Å². The second kappa shape index (κ2) is 9.18. The summed E-state index contributed by atoms with van der Waals surface area (Å²) in [5.41, 5.74) is 10.1. The maximum Gasteiger partial charge on any atom is 0.270 e. The molecule has 4 aromatic heterocycles. The topological polar surface area (TPSA) is 132 Å². The summed E-state index contributed by atoms with van der Waals surface area (Å²) in [7, 11) is 1.50. The molecule has 35 heavy (non-hydrogen) atoms. The van der Waals surface area contributed by atoms with Crippen LogP contribution in [0.15, 0.2) is 43.0 Å². The van der Waals surface area contributed by atoms with Crippen molar-refractivity contribution in [3.05, 3.63) is 59.9 Å². The Hall–Kier alpha value is -4.25. The molecule has 0 aromatic carbocycles. The van der Waals surface area contributed by atoms with Crippen molar-refractivity contribution in [2.75, 3.05) is 26.8 Å². The molecule has 0 unspecified atom stereocenters. The minimum atomic E-state index is -0.653. The van der Waals surface area contributed by atoms with Gasteiger partial charge in [-0.25, -0.2) is 9.37 Å². The van der Waals surface area contributed by atoms with Crippen LogP contribution in [-0.2, 0) is 13.1 Å². The molecule has 0 fully saturated rings. The average Bonchev–Trinajstić information content (AvgIpc) is 3.30. The summed E-state index contributed by atoms with van der Waals surface area (Å²) in [6.07, 6.45) is 6.45. The molecule has 1 aliphatic heterocycles. The number of carbonyl (C=O) groups is 2. The summed E-state index contributed by atoms with van der Waals surface area (Å²) in [4.78, 5) is 39.3. The first-order valence-corrected chi connectivity index (χ1v) is 11.1. The van der Waals surface area contributed by atoms with Gasteiger partial charge in [-0.05, 0) is 18.2 Å². The summed E-state index contributed by atoms with van der Waals surface area (Å²) in [5.74, 6) is -1.06. The Balaban J connectivity index is 1.58. The van der Waals surface area contributed by atoms with Crippen molar-refractivity contribution in [1.29, 1.82) is 0 Å². The van der Waals surface area contributed by atoms with Crippen LogP contribution in [0.2, 0.25) is 0 Å². The van der Waals surface area contributed by atoms with Crippen molar-refractivity contribution in [1.82, 2.24) is 34.9 Å². The molecule has 5 heterocycles. The molecule has 178 valence electrons. The lowest BCUT2D eigenvalue weighted by atomic mass is 10.0. The Bertz CT molecular complexity index is 1450. The zero-order valence-electron chi connectivity index (χ0n) is 19.0. The monoisotopic (exact) mass is 474 g/mol. The van der Waals surface area contributed by atoms with Gasteiger partial charge < -0.3 is 11.1 Å². The minimum absolute atomic E-state index is 0.132. The van der Waals surface area contributed by atoms with E-state index in [2.05, 4.69) is 30.3 Å². The predicted octanol–water partition coefficient (Wildman–Crippen LogP) is 1.80. The lowest BCUT2D eigenvalue weighted by molar-refractivity contribution is 0.0955. The zero-order chi connectivity index (χ0) is 24.5. The molecule has 10 nitrogen and oxygen atoms in total. The maximum absolute atomic E-state index is 12.9. The number of fused-ring (bicyclic) bond motifs is 2. The van der Waals surface area contributed by atoms with E-state index >= 15 is 0 Å². The van der Waals surface area contributed by atoms with Gasteiger partial charge in [0, 0.05) is 61.2 Å². The summed E-state index contributed by atoms with van der Waals surface area (Å²) in [6, 6.07) is 5.29. The Morgan fingerprint density at radius 2 is 1.91 bits per heavy atom. The number of halogens is 1. The maximum atomic E-state index is 12.9. The third-order valence-corrected chi connectivity index (χ3v) is 6.12. The number of hydrogen-bond acceptors (Lipinski definition) is 7. The number of rotatable bonds is 6. The molecular weight excluding hydrogens is 451 g/mol. The number of aromatic nitrogens is 5. The van der Waals surface area contributed by atoms with Crippen LogP contribution in [0.1, 0.15) is 26.5 Å². The van der Waals surface area contributed by atoms with Crippen molar-refractivity contribution in [2.24, 2.45) is 5.73 Å².